The van der Waals surface area contributed by atoms with Crippen LogP contribution in [0.25, 0.3) is 0 Å². The van der Waals surface area contributed by atoms with Gasteiger partial charge in [0, 0.05) is 102 Å². The predicted octanol–water partition coefficient (Wildman–Crippen LogP) is 3.42. The van der Waals surface area contributed by atoms with Gasteiger partial charge in [-0.25, -0.2) is 0 Å². The lowest BCUT2D eigenvalue weighted by atomic mass is 10.4. The Morgan fingerprint density at radius 3 is 1.02 bits per heavy atom. The summed E-state index contributed by atoms with van der Waals surface area (Å²) in [6.45, 7) is 15.2. The third kappa shape index (κ3) is 18.1. The second-order valence-electron chi connectivity index (χ2n) is 7.66. The van der Waals surface area contributed by atoms with E-state index < -0.39 is 35.5 Å². The minimum absolute atomic E-state index is 0.548. The van der Waals surface area contributed by atoms with Gasteiger partial charge in [-0.05, 0) is 33.4 Å². The molecule has 1 aromatic rings. The third-order valence-corrected chi connectivity index (χ3v) is 15.1. The van der Waals surface area contributed by atoms with Crippen molar-refractivity contribution in [3.8, 4) is 0 Å². The number of benzene rings is 1. The highest BCUT2D eigenvalue weighted by Crippen LogP contribution is 2.11. The average Bonchev–Trinajstić information content (AvgIpc) is 3.05. The highest BCUT2D eigenvalue weighted by atomic mass is 28.4. The van der Waals surface area contributed by atoms with Crippen LogP contribution in [0.15, 0.2) is 42.6 Å². The molecular formula is C26H58O13Si4. The van der Waals surface area contributed by atoms with E-state index in [1.165, 1.54) is 0 Å². The maximum absolute atomic E-state index is 5.42. The Morgan fingerprint density at radius 1 is 0.535 bits per heavy atom. The van der Waals surface area contributed by atoms with Crippen LogP contribution in [0.1, 0.15) is 27.7 Å². The van der Waals surface area contributed by atoms with Crippen molar-refractivity contribution >= 4 is 40.6 Å². The van der Waals surface area contributed by atoms with Crippen LogP contribution < -0.4 is 5.19 Å². The van der Waals surface area contributed by atoms with Crippen LogP contribution in [0.4, 0.5) is 0 Å². The fourth-order valence-corrected chi connectivity index (χ4v) is 8.17. The summed E-state index contributed by atoms with van der Waals surface area (Å²) in [6.07, 6.45) is 0. The first-order valence-corrected chi connectivity index (χ1v) is 21.1. The molecule has 0 N–H and O–H groups in total. The largest absolute Gasteiger partial charge is 0.679 e. The van der Waals surface area contributed by atoms with Gasteiger partial charge in [0.15, 0.2) is 0 Å². The van der Waals surface area contributed by atoms with Crippen LogP contribution in [-0.2, 0) is 57.5 Å². The fourth-order valence-electron chi connectivity index (χ4n) is 2.95. The van der Waals surface area contributed by atoms with Crippen molar-refractivity contribution in [2.75, 3.05) is 90.4 Å². The lowest BCUT2D eigenvalue weighted by Gasteiger charge is -2.26. The minimum atomic E-state index is -2.80. The van der Waals surface area contributed by atoms with Crippen molar-refractivity contribution in [3.05, 3.63) is 42.6 Å². The maximum atomic E-state index is 5.42. The van der Waals surface area contributed by atoms with E-state index >= 15 is 0 Å². The SMILES string of the molecule is C=C[Si](OC)(OC)OC.CCO[Si](OCC)(OCC)OCC.CO[Si](C)(OC)OC.CO[Si](OC)(OC)c1ccccc1. The van der Waals surface area contributed by atoms with Gasteiger partial charge in [-0.15, -0.1) is 0 Å². The summed E-state index contributed by atoms with van der Waals surface area (Å²) >= 11 is 0. The van der Waals surface area contributed by atoms with Crippen LogP contribution in [-0.4, -0.2) is 126 Å². The molecule has 0 bridgehead atoms. The molecule has 17 heteroatoms. The molecule has 0 amide bonds. The first kappa shape index (κ1) is 46.7. The van der Waals surface area contributed by atoms with Crippen LogP contribution in [0.2, 0.25) is 6.55 Å². The van der Waals surface area contributed by atoms with E-state index in [2.05, 4.69) is 6.58 Å². The molecule has 0 saturated heterocycles. The molecule has 0 aliphatic rings. The Labute approximate surface area is 265 Å². The predicted molar refractivity (Wildman–Crippen MR) is 175 cm³/mol. The Bertz CT molecular complexity index is 700. The molecule has 1 aromatic carbocycles. The van der Waals surface area contributed by atoms with Gasteiger partial charge in [-0.3, -0.25) is 0 Å². The molecule has 1 rings (SSSR count). The van der Waals surface area contributed by atoms with Gasteiger partial charge in [-0.1, -0.05) is 36.9 Å². The highest BCUT2D eigenvalue weighted by Gasteiger charge is 2.44. The van der Waals surface area contributed by atoms with Crippen molar-refractivity contribution < 1.29 is 57.5 Å². The zero-order valence-electron chi connectivity index (χ0n) is 28.8. The molecule has 0 fully saturated rings. The molecule has 0 aromatic heterocycles. The van der Waals surface area contributed by atoms with Gasteiger partial charge in [-0.2, -0.15) is 0 Å². The zero-order chi connectivity index (χ0) is 33.8. The molecule has 256 valence electrons. The number of hydrogen-bond donors (Lipinski definition) is 0. The molecule has 0 aliphatic heterocycles. The number of rotatable bonds is 19. The summed E-state index contributed by atoms with van der Waals surface area (Å²) in [5.41, 5.74) is 1.58. The van der Waals surface area contributed by atoms with Crippen molar-refractivity contribution in [1.29, 1.82) is 0 Å². The van der Waals surface area contributed by atoms with Crippen LogP contribution in [0.5, 0.6) is 0 Å². The summed E-state index contributed by atoms with van der Waals surface area (Å²) in [4.78, 5) is 0. The average molecular weight is 691 g/mol. The molecule has 0 unspecified atom stereocenters. The van der Waals surface area contributed by atoms with E-state index in [9.17, 15) is 0 Å². The standard InChI is InChI=1S/C9H14O3Si.C8H20O4Si.C5H12O3Si.C4H12O3Si/c1-10-13(11-2,12-3)9-7-5-4-6-8-9;1-5-9-13(10-6-2,11-7-3)12-8-4;1-5-9(6-2,7-3)8-4;1-5-8(4,6-2)7-3/h4-8H,1-3H3;5-8H2,1-4H3;5H,1H2,2-4H3;1-4H3. The van der Waals surface area contributed by atoms with Gasteiger partial charge in [0.1, 0.15) is 0 Å². The summed E-state index contributed by atoms with van der Waals surface area (Å²) in [6, 6.07) is 9.72. The Hall–Kier alpha value is -0.692. The molecule has 0 radical (unpaired) electrons. The van der Waals surface area contributed by atoms with Crippen LogP contribution >= 0.6 is 0 Å². The molecule has 0 spiro atoms. The number of hydrogen-bond acceptors (Lipinski definition) is 13. The third-order valence-electron chi connectivity index (χ3n) is 5.43. The van der Waals surface area contributed by atoms with Crippen molar-refractivity contribution in [2.45, 2.75) is 34.2 Å². The molecule has 43 heavy (non-hydrogen) atoms. The van der Waals surface area contributed by atoms with E-state index in [0.717, 1.165) is 5.19 Å². The van der Waals surface area contributed by atoms with Gasteiger partial charge in [0.05, 0.1) is 0 Å². The molecule has 0 heterocycles. The van der Waals surface area contributed by atoms with E-state index in [1.54, 1.807) is 69.7 Å². The molecule has 0 atom stereocenters. The fraction of sp³-hybridized carbons (Fsp3) is 0.692. The van der Waals surface area contributed by atoms with E-state index in [4.69, 9.17) is 57.5 Å². The lowest BCUT2D eigenvalue weighted by Crippen LogP contribution is -2.54. The Balaban J connectivity index is -0.000000507. The first-order chi connectivity index (χ1) is 20.5. The summed E-state index contributed by atoms with van der Waals surface area (Å²) < 4.78 is 67.3. The minimum Gasteiger partial charge on any atom is -0.377 e. The second kappa shape index (κ2) is 27.6. The first-order valence-electron chi connectivity index (χ1n) is 13.7. The second-order valence-corrected chi connectivity index (χ2v) is 18.5. The van der Waals surface area contributed by atoms with E-state index in [1.807, 2.05) is 64.6 Å². The molecule has 0 saturated carbocycles. The topological polar surface area (TPSA) is 120 Å². The quantitative estimate of drug-likeness (QED) is 0.198. The van der Waals surface area contributed by atoms with Crippen LogP contribution in [0.3, 0.4) is 0 Å². The maximum Gasteiger partial charge on any atom is 0.679 e. The van der Waals surface area contributed by atoms with Crippen molar-refractivity contribution in [2.24, 2.45) is 0 Å². The monoisotopic (exact) mass is 690 g/mol. The van der Waals surface area contributed by atoms with Crippen molar-refractivity contribution in [1.82, 2.24) is 0 Å². The van der Waals surface area contributed by atoms with Gasteiger partial charge in [0.25, 0.3) is 0 Å². The van der Waals surface area contributed by atoms with Crippen LogP contribution in [0, 0.1) is 0 Å². The van der Waals surface area contributed by atoms with E-state index in [-0.39, 0.29) is 0 Å². The normalized spacial score (nSPS) is 11.8. The molecule has 0 aliphatic carbocycles. The van der Waals surface area contributed by atoms with Crippen molar-refractivity contribution in [3.63, 3.8) is 0 Å². The Morgan fingerprint density at radius 2 is 0.860 bits per heavy atom. The zero-order valence-corrected chi connectivity index (χ0v) is 32.8. The summed E-state index contributed by atoms with van der Waals surface area (Å²) in [7, 11) is 4.20. The smallest absolute Gasteiger partial charge is 0.377 e. The highest BCUT2D eigenvalue weighted by molar-refractivity contribution is 6.75. The molecule has 13 nitrogen and oxygen atoms in total. The van der Waals surface area contributed by atoms with Gasteiger partial charge < -0.3 is 57.5 Å². The van der Waals surface area contributed by atoms with Gasteiger partial charge in [0.2, 0.25) is 0 Å². The summed E-state index contributed by atoms with van der Waals surface area (Å²) in [5.74, 6) is 0. The summed E-state index contributed by atoms with van der Waals surface area (Å²) in [5, 5.41) is 0.975. The van der Waals surface area contributed by atoms with Gasteiger partial charge >= 0.3 is 35.5 Å². The Kier molecular flexibility index (Phi) is 30.0. The van der Waals surface area contributed by atoms with E-state index in [0.29, 0.717) is 26.4 Å². The lowest BCUT2D eigenvalue weighted by molar-refractivity contribution is -0.0247. The molecular weight excluding hydrogens is 633 g/mol.